The summed E-state index contributed by atoms with van der Waals surface area (Å²) in [4.78, 5) is 0. The summed E-state index contributed by atoms with van der Waals surface area (Å²) in [6.07, 6.45) is 2.34. The molecule has 1 aliphatic rings. The Bertz CT molecular complexity index is 359. The highest BCUT2D eigenvalue weighted by Crippen LogP contribution is 2.22. The number of aryl methyl sites for hydroxylation is 1. The van der Waals surface area contributed by atoms with Crippen molar-refractivity contribution in [2.45, 2.75) is 19.8 Å². The molecule has 1 saturated heterocycles. The van der Waals surface area contributed by atoms with Crippen molar-refractivity contribution in [3.8, 4) is 5.75 Å². The minimum atomic E-state index is 0.742. The van der Waals surface area contributed by atoms with E-state index < -0.39 is 0 Å². The molecule has 3 heteroatoms. The lowest BCUT2D eigenvalue weighted by molar-refractivity contribution is 0.0699. The summed E-state index contributed by atoms with van der Waals surface area (Å²) in [6, 6.07) is 6.23. The van der Waals surface area contributed by atoms with Gasteiger partial charge in [0.2, 0.25) is 0 Å². The first kappa shape index (κ1) is 12.2. The van der Waals surface area contributed by atoms with Crippen LogP contribution in [0.5, 0.6) is 5.75 Å². The Morgan fingerprint density at radius 3 is 2.76 bits per heavy atom. The fourth-order valence-corrected chi connectivity index (χ4v) is 2.20. The average Bonchev–Trinajstić information content (AvgIpc) is 2.38. The first-order valence-corrected chi connectivity index (χ1v) is 6.26. The number of ether oxygens (including phenoxy) is 2. The summed E-state index contributed by atoms with van der Waals surface area (Å²) >= 11 is 0. The van der Waals surface area contributed by atoms with Crippen LogP contribution in [0, 0.1) is 12.8 Å². The lowest BCUT2D eigenvalue weighted by atomic mass is 10.0. The predicted molar refractivity (Wildman–Crippen MR) is 69.8 cm³/mol. The third-order valence-corrected chi connectivity index (χ3v) is 3.33. The van der Waals surface area contributed by atoms with Gasteiger partial charge in [-0.15, -0.1) is 0 Å². The standard InChI is InChI=1S/C14H21NO2/c1-11-9-13(3-4-14(11)16-2)15-10-12-5-7-17-8-6-12/h3-4,9,12,15H,5-8,10H2,1-2H3. The summed E-state index contributed by atoms with van der Waals surface area (Å²) in [5.41, 5.74) is 2.35. The van der Waals surface area contributed by atoms with Gasteiger partial charge in [-0.25, -0.2) is 0 Å². The Kier molecular flexibility index (Phi) is 4.26. The van der Waals surface area contributed by atoms with Crippen LogP contribution < -0.4 is 10.1 Å². The topological polar surface area (TPSA) is 30.5 Å². The van der Waals surface area contributed by atoms with Crippen molar-refractivity contribution >= 4 is 5.69 Å². The van der Waals surface area contributed by atoms with Crippen LogP contribution in [0.2, 0.25) is 0 Å². The molecule has 1 N–H and O–H groups in total. The van der Waals surface area contributed by atoms with Crippen molar-refractivity contribution < 1.29 is 9.47 Å². The predicted octanol–water partition coefficient (Wildman–Crippen LogP) is 2.84. The van der Waals surface area contributed by atoms with E-state index in [1.807, 2.05) is 6.07 Å². The normalized spacial score (nSPS) is 16.8. The van der Waals surface area contributed by atoms with E-state index in [0.717, 1.165) is 31.4 Å². The second-order valence-electron chi connectivity index (χ2n) is 4.62. The van der Waals surface area contributed by atoms with Crippen LogP contribution in [0.3, 0.4) is 0 Å². The average molecular weight is 235 g/mol. The quantitative estimate of drug-likeness (QED) is 0.870. The maximum absolute atomic E-state index is 5.36. The van der Waals surface area contributed by atoms with Gasteiger partial charge in [0.1, 0.15) is 5.75 Å². The zero-order valence-corrected chi connectivity index (χ0v) is 10.7. The van der Waals surface area contributed by atoms with Crippen LogP contribution >= 0.6 is 0 Å². The van der Waals surface area contributed by atoms with E-state index in [1.165, 1.54) is 24.1 Å². The number of nitrogens with one attached hydrogen (secondary N) is 1. The molecule has 0 aromatic heterocycles. The largest absolute Gasteiger partial charge is 0.496 e. The molecule has 17 heavy (non-hydrogen) atoms. The maximum atomic E-state index is 5.36. The molecule has 0 atom stereocenters. The van der Waals surface area contributed by atoms with Gasteiger partial charge in [-0.1, -0.05) is 0 Å². The smallest absolute Gasteiger partial charge is 0.121 e. The van der Waals surface area contributed by atoms with E-state index in [1.54, 1.807) is 7.11 Å². The number of methoxy groups -OCH3 is 1. The highest BCUT2D eigenvalue weighted by atomic mass is 16.5. The minimum Gasteiger partial charge on any atom is -0.496 e. The third kappa shape index (κ3) is 3.37. The fraction of sp³-hybridized carbons (Fsp3) is 0.571. The fourth-order valence-electron chi connectivity index (χ4n) is 2.20. The molecule has 0 aliphatic carbocycles. The minimum absolute atomic E-state index is 0.742. The molecule has 1 heterocycles. The Hall–Kier alpha value is -1.22. The number of hydrogen-bond acceptors (Lipinski definition) is 3. The van der Waals surface area contributed by atoms with Gasteiger partial charge in [0.25, 0.3) is 0 Å². The Morgan fingerprint density at radius 1 is 1.35 bits per heavy atom. The van der Waals surface area contributed by atoms with Crippen molar-refractivity contribution in [2.75, 3.05) is 32.2 Å². The van der Waals surface area contributed by atoms with Crippen LogP contribution in [0.4, 0.5) is 5.69 Å². The Morgan fingerprint density at radius 2 is 2.12 bits per heavy atom. The summed E-state index contributed by atoms with van der Waals surface area (Å²) in [7, 11) is 1.71. The molecule has 0 unspecified atom stereocenters. The van der Waals surface area contributed by atoms with E-state index in [2.05, 4.69) is 24.4 Å². The van der Waals surface area contributed by atoms with Crippen molar-refractivity contribution in [1.82, 2.24) is 0 Å². The maximum Gasteiger partial charge on any atom is 0.121 e. The first-order valence-electron chi connectivity index (χ1n) is 6.26. The van der Waals surface area contributed by atoms with Gasteiger partial charge in [-0.3, -0.25) is 0 Å². The lowest BCUT2D eigenvalue weighted by Gasteiger charge is -2.22. The van der Waals surface area contributed by atoms with E-state index in [-0.39, 0.29) is 0 Å². The molecule has 0 bridgehead atoms. The van der Waals surface area contributed by atoms with Crippen molar-refractivity contribution in [1.29, 1.82) is 0 Å². The van der Waals surface area contributed by atoms with Crippen molar-refractivity contribution in [2.24, 2.45) is 5.92 Å². The number of hydrogen-bond donors (Lipinski definition) is 1. The van der Waals surface area contributed by atoms with Gasteiger partial charge >= 0.3 is 0 Å². The summed E-state index contributed by atoms with van der Waals surface area (Å²) in [6.45, 7) is 4.93. The van der Waals surface area contributed by atoms with Gasteiger partial charge in [-0.05, 0) is 49.4 Å². The monoisotopic (exact) mass is 235 g/mol. The van der Waals surface area contributed by atoms with Gasteiger partial charge in [0, 0.05) is 25.4 Å². The number of rotatable bonds is 4. The van der Waals surface area contributed by atoms with Crippen LogP contribution in [-0.4, -0.2) is 26.9 Å². The molecule has 1 aromatic rings. The highest BCUT2D eigenvalue weighted by molar-refractivity contribution is 5.50. The second kappa shape index (κ2) is 5.92. The number of anilines is 1. The summed E-state index contributed by atoms with van der Waals surface area (Å²) in [5.74, 6) is 1.69. The molecule has 1 fully saturated rings. The third-order valence-electron chi connectivity index (χ3n) is 3.33. The SMILES string of the molecule is COc1ccc(NCC2CCOCC2)cc1C. The molecule has 1 aromatic carbocycles. The molecule has 0 amide bonds. The van der Waals surface area contributed by atoms with E-state index in [9.17, 15) is 0 Å². The molecule has 3 nitrogen and oxygen atoms in total. The molecule has 0 saturated carbocycles. The van der Waals surface area contributed by atoms with Crippen molar-refractivity contribution in [3.05, 3.63) is 23.8 Å². The molecule has 94 valence electrons. The zero-order valence-electron chi connectivity index (χ0n) is 10.7. The van der Waals surface area contributed by atoms with Gasteiger partial charge in [0.15, 0.2) is 0 Å². The molecule has 1 aliphatic heterocycles. The molecular formula is C14H21NO2. The van der Waals surface area contributed by atoms with E-state index in [0.29, 0.717) is 0 Å². The Balaban J connectivity index is 1.87. The van der Waals surface area contributed by atoms with Gasteiger partial charge < -0.3 is 14.8 Å². The molecule has 0 spiro atoms. The van der Waals surface area contributed by atoms with Gasteiger partial charge in [0.05, 0.1) is 7.11 Å². The summed E-state index contributed by atoms with van der Waals surface area (Å²) < 4.78 is 10.6. The molecular weight excluding hydrogens is 214 g/mol. The highest BCUT2D eigenvalue weighted by Gasteiger charge is 2.13. The Labute approximate surface area is 103 Å². The van der Waals surface area contributed by atoms with E-state index in [4.69, 9.17) is 9.47 Å². The lowest BCUT2D eigenvalue weighted by Crippen LogP contribution is -2.22. The van der Waals surface area contributed by atoms with Crippen LogP contribution in [0.25, 0.3) is 0 Å². The zero-order chi connectivity index (χ0) is 12.1. The van der Waals surface area contributed by atoms with Crippen LogP contribution in [0.15, 0.2) is 18.2 Å². The van der Waals surface area contributed by atoms with E-state index >= 15 is 0 Å². The summed E-state index contributed by atoms with van der Waals surface area (Å²) in [5, 5.41) is 3.50. The second-order valence-corrected chi connectivity index (χ2v) is 4.62. The van der Waals surface area contributed by atoms with Crippen LogP contribution in [0.1, 0.15) is 18.4 Å². The van der Waals surface area contributed by atoms with Crippen molar-refractivity contribution in [3.63, 3.8) is 0 Å². The van der Waals surface area contributed by atoms with Crippen LogP contribution in [-0.2, 0) is 4.74 Å². The molecule has 0 radical (unpaired) electrons. The first-order chi connectivity index (χ1) is 8.29. The van der Waals surface area contributed by atoms with Gasteiger partial charge in [-0.2, -0.15) is 0 Å². The molecule has 2 rings (SSSR count). The number of benzene rings is 1.